The molecular weight excluding hydrogens is 205 g/mol. The van der Waals surface area contributed by atoms with Gasteiger partial charge in [-0.2, -0.15) is 13.2 Å². The topological polar surface area (TPSA) is 15.3 Å². The van der Waals surface area contributed by atoms with Crippen molar-refractivity contribution in [2.45, 2.75) is 37.9 Å². The monoisotopic (exact) mass is 224 g/mol. The van der Waals surface area contributed by atoms with Gasteiger partial charge in [-0.3, -0.25) is 4.90 Å². The Kier molecular flexibility index (Phi) is 4.00. The minimum absolute atomic E-state index is 0.0972. The standard InChI is InChI=1S/C10H19F3N2/c1-3-9(5-4-6-14-9)7-15(2)8-10(11,12)13/h14H,3-8H2,1-2H3. The number of likely N-dealkylation sites (N-methyl/N-ethyl adjacent to an activating group) is 1. The molecule has 1 aliphatic heterocycles. The quantitative estimate of drug-likeness (QED) is 0.786. The third kappa shape index (κ3) is 3.99. The zero-order valence-corrected chi connectivity index (χ0v) is 9.32. The van der Waals surface area contributed by atoms with Crippen LogP contribution in [0, 0.1) is 0 Å². The van der Waals surface area contributed by atoms with Gasteiger partial charge in [0.05, 0.1) is 6.54 Å². The smallest absolute Gasteiger partial charge is 0.310 e. The van der Waals surface area contributed by atoms with Gasteiger partial charge in [0.25, 0.3) is 0 Å². The molecule has 1 unspecified atom stereocenters. The molecule has 1 heterocycles. The van der Waals surface area contributed by atoms with E-state index in [0.717, 1.165) is 25.8 Å². The van der Waals surface area contributed by atoms with E-state index in [9.17, 15) is 13.2 Å². The van der Waals surface area contributed by atoms with Crippen LogP contribution in [0.5, 0.6) is 0 Å². The van der Waals surface area contributed by atoms with Crippen LogP contribution in [0.4, 0.5) is 13.2 Å². The predicted octanol–water partition coefficient (Wildman–Crippen LogP) is 2.01. The van der Waals surface area contributed by atoms with E-state index in [-0.39, 0.29) is 5.54 Å². The second-order valence-corrected chi connectivity index (χ2v) is 4.45. The van der Waals surface area contributed by atoms with E-state index in [1.165, 1.54) is 11.9 Å². The fraction of sp³-hybridized carbons (Fsp3) is 1.00. The van der Waals surface area contributed by atoms with Crippen molar-refractivity contribution < 1.29 is 13.2 Å². The van der Waals surface area contributed by atoms with Crippen LogP contribution in [0.2, 0.25) is 0 Å². The zero-order chi connectivity index (χ0) is 11.5. The van der Waals surface area contributed by atoms with E-state index in [0.29, 0.717) is 6.54 Å². The summed E-state index contributed by atoms with van der Waals surface area (Å²) in [5.74, 6) is 0. The number of nitrogens with zero attached hydrogens (tertiary/aromatic N) is 1. The molecule has 0 bridgehead atoms. The third-order valence-corrected chi connectivity index (χ3v) is 3.03. The first kappa shape index (κ1) is 12.8. The number of halogens is 3. The molecule has 0 radical (unpaired) electrons. The summed E-state index contributed by atoms with van der Waals surface area (Å²) in [4.78, 5) is 1.36. The van der Waals surface area contributed by atoms with Gasteiger partial charge in [0.15, 0.2) is 0 Å². The molecule has 0 aromatic carbocycles. The maximum atomic E-state index is 12.1. The van der Waals surface area contributed by atoms with E-state index in [4.69, 9.17) is 0 Å². The minimum Gasteiger partial charge on any atom is -0.310 e. The lowest BCUT2D eigenvalue weighted by Crippen LogP contribution is -2.50. The molecule has 1 atom stereocenters. The SMILES string of the molecule is CCC1(CN(C)CC(F)(F)F)CCCN1. The van der Waals surface area contributed by atoms with Crippen LogP contribution >= 0.6 is 0 Å². The van der Waals surface area contributed by atoms with Crippen molar-refractivity contribution in [2.75, 3.05) is 26.7 Å². The number of hydrogen-bond acceptors (Lipinski definition) is 2. The van der Waals surface area contributed by atoms with Crippen molar-refractivity contribution in [3.63, 3.8) is 0 Å². The normalized spacial score (nSPS) is 27.6. The van der Waals surface area contributed by atoms with E-state index in [1.54, 1.807) is 0 Å². The van der Waals surface area contributed by atoms with Crippen LogP contribution in [-0.2, 0) is 0 Å². The summed E-state index contributed by atoms with van der Waals surface area (Å²) >= 11 is 0. The molecule has 0 aromatic heterocycles. The molecule has 0 aromatic rings. The Hall–Kier alpha value is -0.290. The molecule has 2 nitrogen and oxygen atoms in total. The van der Waals surface area contributed by atoms with Gasteiger partial charge in [-0.15, -0.1) is 0 Å². The highest BCUT2D eigenvalue weighted by molar-refractivity contribution is 4.94. The summed E-state index contributed by atoms with van der Waals surface area (Å²) < 4.78 is 36.4. The van der Waals surface area contributed by atoms with Gasteiger partial charge in [0.1, 0.15) is 0 Å². The molecule has 5 heteroatoms. The summed E-state index contributed by atoms with van der Waals surface area (Å²) in [5, 5.41) is 3.33. The van der Waals surface area contributed by atoms with Gasteiger partial charge < -0.3 is 5.32 Å². The minimum atomic E-state index is -4.09. The molecule has 0 amide bonds. The van der Waals surface area contributed by atoms with Crippen LogP contribution < -0.4 is 5.32 Å². The third-order valence-electron chi connectivity index (χ3n) is 3.03. The van der Waals surface area contributed by atoms with Crippen molar-refractivity contribution in [1.82, 2.24) is 10.2 Å². The number of hydrogen-bond donors (Lipinski definition) is 1. The number of alkyl halides is 3. The number of rotatable bonds is 4. The molecule has 0 saturated carbocycles. The Morgan fingerprint density at radius 3 is 2.47 bits per heavy atom. The summed E-state index contributed by atoms with van der Waals surface area (Å²) in [6, 6.07) is 0. The van der Waals surface area contributed by atoms with Gasteiger partial charge in [-0.25, -0.2) is 0 Å². The molecule has 0 aliphatic carbocycles. The highest BCUT2D eigenvalue weighted by Crippen LogP contribution is 2.25. The molecular formula is C10H19F3N2. The summed E-state index contributed by atoms with van der Waals surface area (Å²) in [6.45, 7) is 2.60. The summed E-state index contributed by atoms with van der Waals surface area (Å²) in [7, 11) is 1.53. The van der Waals surface area contributed by atoms with Gasteiger partial charge in [0.2, 0.25) is 0 Å². The first-order chi connectivity index (χ1) is 6.87. The van der Waals surface area contributed by atoms with E-state index >= 15 is 0 Å². The fourth-order valence-electron chi connectivity index (χ4n) is 2.30. The first-order valence-electron chi connectivity index (χ1n) is 5.37. The van der Waals surface area contributed by atoms with Gasteiger partial charge in [-0.1, -0.05) is 6.92 Å². The van der Waals surface area contributed by atoms with Crippen molar-refractivity contribution in [3.05, 3.63) is 0 Å². The van der Waals surface area contributed by atoms with Crippen LogP contribution in [0.25, 0.3) is 0 Å². The summed E-state index contributed by atoms with van der Waals surface area (Å²) in [6.07, 6.45) is -1.17. The number of nitrogens with one attached hydrogen (secondary N) is 1. The first-order valence-corrected chi connectivity index (χ1v) is 5.37. The Morgan fingerprint density at radius 1 is 1.40 bits per heavy atom. The van der Waals surface area contributed by atoms with Gasteiger partial charge >= 0.3 is 6.18 Å². The van der Waals surface area contributed by atoms with E-state index in [2.05, 4.69) is 5.32 Å². The summed E-state index contributed by atoms with van der Waals surface area (Å²) in [5.41, 5.74) is -0.0972. The lowest BCUT2D eigenvalue weighted by molar-refractivity contribution is -0.144. The average molecular weight is 224 g/mol. The van der Waals surface area contributed by atoms with Crippen LogP contribution in [0.15, 0.2) is 0 Å². The molecule has 1 saturated heterocycles. The molecule has 15 heavy (non-hydrogen) atoms. The molecule has 0 spiro atoms. The maximum absolute atomic E-state index is 12.1. The highest BCUT2D eigenvalue weighted by Gasteiger charge is 2.36. The van der Waals surface area contributed by atoms with Crippen molar-refractivity contribution in [1.29, 1.82) is 0 Å². The second-order valence-electron chi connectivity index (χ2n) is 4.45. The van der Waals surface area contributed by atoms with Crippen LogP contribution in [0.3, 0.4) is 0 Å². The average Bonchev–Trinajstić information content (AvgIpc) is 2.50. The van der Waals surface area contributed by atoms with Gasteiger partial charge in [0, 0.05) is 12.1 Å². The predicted molar refractivity (Wildman–Crippen MR) is 53.8 cm³/mol. The van der Waals surface area contributed by atoms with Gasteiger partial charge in [-0.05, 0) is 32.9 Å². The maximum Gasteiger partial charge on any atom is 0.401 e. The molecule has 1 fully saturated rings. The van der Waals surface area contributed by atoms with Crippen LogP contribution in [-0.4, -0.2) is 43.3 Å². The van der Waals surface area contributed by atoms with E-state index < -0.39 is 12.7 Å². The lowest BCUT2D eigenvalue weighted by atomic mass is 9.93. The Morgan fingerprint density at radius 2 is 2.07 bits per heavy atom. The Labute approximate surface area is 88.8 Å². The lowest BCUT2D eigenvalue weighted by Gasteiger charge is -2.33. The fourth-order valence-corrected chi connectivity index (χ4v) is 2.30. The molecule has 1 aliphatic rings. The van der Waals surface area contributed by atoms with Crippen molar-refractivity contribution in [2.24, 2.45) is 0 Å². The second kappa shape index (κ2) is 4.70. The molecule has 1 N–H and O–H groups in total. The molecule has 1 rings (SSSR count). The highest BCUT2D eigenvalue weighted by atomic mass is 19.4. The van der Waals surface area contributed by atoms with Crippen molar-refractivity contribution in [3.8, 4) is 0 Å². The molecule has 90 valence electrons. The largest absolute Gasteiger partial charge is 0.401 e. The Balaban J connectivity index is 2.45. The Bertz CT molecular complexity index is 197. The van der Waals surface area contributed by atoms with E-state index in [1.807, 2.05) is 6.92 Å². The van der Waals surface area contributed by atoms with Crippen molar-refractivity contribution >= 4 is 0 Å². The zero-order valence-electron chi connectivity index (χ0n) is 9.32. The van der Waals surface area contributed by atoms with Crippen LogP contribution in [0.1, 0.15) is 26.2 Å².